The highest BCUT2D eigenvalue weighted by Gasteiger charge is 2.28. The smallest absolute Gasteiger partial charge is 0.198 e. The van der Waals surface area contributed by atoms with Crippen LogP contribution in [0.3, 0.4) is 0 Å². The predicted molar refractivity (Wildman–Crippen MR) is 115 cm³/mol. The summed E-state index contributed by atoms with van der Waals surface area (Å²) in [6.45, 7) is 2.26. The van der Waals surface area contributed by atoms with Crippen LogP contribution in [0.25, 0.3) is 0 Å². The summed E-state index contributed by atoms with van der Waals surface area (Å²) in [4.78, 5) is 7.09. The number of guanidine groups is 1. The Morgan fingerprint density at radius 2 is 1.89 bits per heavy atom. The van der Waals surface area contributed by atoms with Crippen LogP contribution in [-0.2, 0) is 22.7 Å². The lowest BCUT2D eigenvalue weighted by Crippen LogP contribution is -2.42. The van der Waals surface area contributed by atoms with Gasteiger partial charge in [0.25, 0.3) is 0 Å². The molecule has 2 aromatic rings. The van der Waals surface area contributed by atoms with Crippen molar-refractivity contribution in [3.8, 4) is 0 Å². The van der Waals surface area contributed by atoms with E-state index < -0.39 is 9.84 Å². The first-order chi connectivity index (χ1) is 13.6. The maximum atomic E-state index is 11.8. The van der Waals surface area contributed by atoms with Crippen molar-refractivity contribution in [1.82, 2.24) is 5.32 Å². The molecule has 6 heteroatoms. The molecule has 1 N–H and O–H groups in total. The third kappa shape index (κ3) is 4.55. The third-order valence-corrected chi connectivity index (χ3v) is 7.35. The molecule has 2 heterocycles. The Morgan fingerprint density at radius 1 is 1.11 bits per heavy atom. The van der Waals surface area contributed by atoms with Crippen LogP contribution in [0.4, 0.5) is 5.69 Å². The lowest BCUT2D eigenvalue weighted by molar-refractivity contribution is 0.590. The minimum Gasteiger partial charge on any atom is -0.356 e. The van der Waals surface area contributed by atoms with Crippen molar-refractivity contribution in [3.63, 3.8) is 0 Å². The largest absolute Gasteiger partial charge is 0.356 e. The Kier molecular flexibility index (Phi) is 5.67. The van der Waals surface area contributed by atoms with Crippen LogP contribution < -0.4 is 10.2 Å². The molecular formula is C22H27N3O2S. The van der Waals surface area contributed by atoms with Gasteiger partial charge in [0.1, 0.15) is 0 Å². The minimum atomic E-state index is -2.87. The van der Waals surface area contributed by atoms with Crippen molar-refractivity contribution in [3.05, 3.63) is 65.7 Å². The van der Waals surface area contributed by atoms with Gasteiger partial charge in [-0.05, 0) is 42.4 Å². The normalized spacial score (nSPS) is 20.9. The summed E-state index contributed by atoms with van der Waals surface area (Å²) in [5, 5.41) is 3.52. The van der Waals surface area contributed by atoms with E-state index in [2.05, 4.69) is 58.7 Å². The third-order valence-electron chi connectivity index (χ3n) is 5.51. The molecule has 2 aliphatic heterocycles. The molecule has 2 aromatic carbocycles. The molecule has 0 radical (unpaired) electrons. The topological polar surface area (TPSA) is 61.8 Å². The van der Waals surface area contributed by atoms with Crippen molar-refractivity contribution in [2.45, 2.75) is 19.3 Å². The molecule has 1 saturated heterocycles. The average Bonchev–Trinajstić information content (AvgIpc) is 3.28. The number of hydrogen-bond donors (Lipinski definition) is 1. The van der Waals surface area contributed by atoms with E-state index >= 15 is 0 Å². The summed E-state index contributed by atoms with van der Waals surface area (Å²) >= 11 is 0. The Hall–Kier alpha value is -2.34. The molecule has 1 atom stereocenters. The highest BCUT2D eigenvalue weighted by molar-refractivity contribution is 7.91. The molecule has 0 saturated carbocycles. The maximum absolute atomic E-state index is 11.8. The summed E-state index contributed by atoms with van der Waals surface area (Å²) in [6.07, 6.45) is 2.65. The number of aliphatic imine (C=N–C) groups is 1. The molecule has 1 fully saturated rings. The molecule has 0 aliphatic carbocycles. The number of fused-ring (bicyclic) bond motifs is 1. The molecule has 0 amide bonds. The van der Waals surface area contributed by atoms with Crippen molar-refractivity contribution < 1.29 is 8.42 Å². The first-order valence-electron chi connectivity index (χ1n) is 9.99. The van der Waals surface area contributed by atoms with E-state index in [1.54, 1.807) is 0 Å². The highest BCUT2D eigenvalue weighted by atomic mass is 32.2. The van der Waals surface area contributed by atoms with E-state index in [1.165, 1.54) is 16.8 Å². The summed E-state index contributed by atoms with van der Waals surface area (Å²) in [5.74, 6) is 1.57. The summed E-state index contributed by atoms with van der Waals surface area (Å²) in [6, 6.07) is 18.8. The minimum absolute atomic E-state index is 0.133. The van der Waals surface area contributed by atoms with E-state index in [0.717, 1.165) is 38.3 Å². The van der Waals surface area contributed by atoms with Crippen molar-refractivity contribution in [2.75, 3.05) is 36.0 Å². The van der Waals surface area contributed by atoms with E-state index in [4.69, 9.17) is 4.99 Å². The fourth-order valence-electron chi connectivity index (χ4n) is 3.99. The molecule has 2 aliphatic rings. The van der Waals surface area contributed by atoms with Gasteiger partial charge in [-0.2, -0.15) is 0 Å². The van der Waals surface area contributed by atoms with E-state index in [-0.39, 0.29) is 11.7 Å². The van der Waals surface area contributed by atoms with Gasteiger partial charge in [0, 0.05) is 25.3 Å². The SMILES string of the molecule is O=S1(=O)CCC(CN=C(NCCc2ccccc2)N2CCc3ccccc32)C1. The Balaban J connectivity index is 1.47. The first-order valence-corrected chi connectivity index (χ1v) is 11.8. The van der Waals surface area contributed by atoms with Crippen LogP contribution >= 0.6 is 0 Å². The van der Waals surface area contributed by atoms with Gasteiger partial charge in [-0.1, -0.05) is 48.5 Å². The van der Waals surface area contributed by atoms with Gasteiger partial charge in [-0.25, -0.2) is 8.42 Å². The van der Waals surface area contributed by atoms with Gasteiger partial charge in [-0.15, -0.1) is 0 Å². The van der Waals surface area contributed by atoms with Crippen molar-refractivity contribution in [1.29, 1.82) is 0 Å². The van der Waals surface area contributed by atoms with E-state index in [1.807, 2.05) is 6.07 Å². The van der Waals surface area contributed by atoms with E-state index in [0.29, 0.717) is 12.3 Å². The lowest BCUT2D eigenvalue weighted by atomic mass is 10.1. The molecule has 0 bridgehead atoms. The zero-order valence-electron chi connectivity index (χ0n) is 16.0. The van der Waals surface area contributed by atoms with Gasteiger partial charge in [-0.3, -0.25) is 4.99 Å². The molecule has 1 unspecified atom stereocenters. The van der Waals surface area contributed by atoms with Crippen LogP contribution in [0.15, 0.2) is 59.6 Å². The molecule has 28 heavy (non-hydrogen) atoms. The predicted octanol–water partition coefficient (Wildman–Crippen LogP) is 2.67. The Bertz CT molecular complexity index is 941. The number of para-hydroxylation sites is 1. The maximum Gasteiger partial charge on any atom is 0.198 e. The van der Waals surface area contributed by atoms with Gasteiger partial charge in [0.2, 0.25) is 0 Å². The summed E-state index contributed by atoms with van der Waals surface area (Å²) in [7, 11) is -2.87. The second kappa shape index (κ2) is 8.35. The number of nitrogens with zero attached hydrogens (tertiary/aromatic N) is 2. The molecule has 0 aromatic heterocycles. The monoisotopic (exact) mass is 397 g/mol. The zero-order chi connectivity index (χ0) is 19.4. The second-order valence-corrected chi connectivity index (χ2v) is 9.85. The average molecular weight is 398 g/mol. The van der Waals surface area contributed by atoms with Crippen LogP contribution in [-0.4, -0.2) is 45.5 Å². The lowest BCUT2D eigenvalue weighted by Gasteiger charge is -2.23. The van der Waals surface area contributed by atoms with Crippen molar-refractivity contribution in [2.24, 2.45) is 10.9 Å². The second-order valence-electron chi connectivity index (χ2n) is 7.63. The Labute approximate surface area is 167 Å². The number of hydrogen-bond acceptors (Lipinski definition) is 3. The van der Waals surface area contributed by atoms with Crippen LogP contribution in [0, 0.1) is 5.92 Å². The van der Waals surface area contributed by atoms with Crippen LogP contribution in [0.2, 0.25) is 0 Å². The molecule has 148 valence electrons. The highest BCUT2D eigenvalue weighted by Crippen LogP contribution is 2.27. The van der Waals surface area contributed by atoms with Gasteiger partial charge < -0.3 is 10.2 Å². The molecule has 4 rings (SSSR count). The summed E-state index contributed by atoms with van der Waals surface area (Å²) < 4.78 is 23.5. The first kappa shape index (κ1) is 19.0. The van der Waals surface area contributed by atoms with Gasteiger partial charge >= 0.3 is 0 Å². The number of benzene rings is 2. The number of rotatable bonds is 5. The van der Waals surface area contributed by atoms with Gasteiger partial charge in [0.15, 0.2) is 15.8 Å². The standard InChI is InChI=1S/C22H27N3O2S/c26-28(27)15-12-19(17-28)16-24-22(23-13-10-18-6-2-1-3-7-18)25-14-11-20-8-4-5-9-21(20)25/h1-9,19H,10-17H2,(H,23,24). The van der Waals surface area contributed by atoms with Crippen LogP contribution in [0.5, 0.6) is 0 Å². The number of sulfone groups is 1. The van der Waals surface area contributed by atoms with Crippen molar-refractivity contribution >= 4 is 21.5 Å². The molecule has 5 nitrogen and oxygen atoms in total. The number of anilines is 1. The van der Waals surface area contributed by atoms with E-state index in [9.17, 15) is 8.42 Å². The Morgan fingerprint density at radius 3 is 2.68 bits per heavy atom. The van der Waals surface area contributed by atoms with Gasteiger partial charge in [0.05, 0.1) is 11.5 Å². The fourth-order valence-corrected chi connectivity index (χ4v) is 5.84. The number of nitrogens with one attached hydrogen (secondary N) is 1. The molecule has 0 spiro atoms. The summed E-state index contributed by atoms with van der Waals surface area (Å²) in [5.41, 5.74) is 3.83. The zero-order valence-corrected chi connectivity index (χ0v) is 16.9. The fraction of sp³-hybridized carbons (Fsp3) is 0.409. The van der Waals surface area contributed by atoms with Crippen LogP contribution in [0.1, 0.15) is 17.5 Å². The quantitative estimate of drug-likeness (QED) is 0.622. The molecular weight excluding hydrogens is 370 g/mol.